The first kappa shape index (κ1) is 24.8. The van der Waals surface area contributed by atoms with Crippen molar-refractivity contribution in [2.75, 3.05) is 0 Å². The molecule has 0 fully saturated rings. The molecule has 0 radical (unpaired) electrons. The Hall–Kier alpha value is -1.30. The van der Waals surface area contributed by atoms with Crippen LogP contribution in [-0.4, -0.2) is 0 Å². The van der Waals surface area contributed by atoms with Crippen molar-refractivity contribution in [3.63, 3.8) is 0 Å². The van der Waals surface area contributed by atoms with Gasteiger partial charge in [0.15, 0.2) is 0 Å². The second-order valence-corrected chi connectivity index (χ2v) is 2.06. The lowest BCUT2D eigenvalue weighted by Gasteiger charge is -1.95. The Bertz CT molecular complexity index is 223. The van der Waals surface area contributed by atoms with E-state index in [-0.39, 0.29) is 0 Å². The van der Waals surface area contributed by atoms with Crippen LogP contribution in [0.3, 0.4) is 0 Å². The second kappa shape index (κ2) is 29.3. The predicted molar refractivity (Wildman–Crippen MR) is 86.6 cm³/mol. The molecular weight excluding hydrogens is 204 g/mol. The summed E-state index contributed by atoms with van der Waals surface area (Å²) in [5.74, 6) is 0. The smallest absolute Gasteiger partial charge is 0.0233 e. The van der Waals surface area contributed by atoms with Gasteiger partial charge in [0.2, 0.25) is 0 Å². The van der Waals surface area contributed by atoms with Gasteiger partial charge in [-0.1, -0.05) is 78.5 Å². The Morgan fingerprint density at radius 1 is 0.824 bits per heavy atom. The van der Waals surface area contributed by atoms with Gasteiger partial charge in [0, 0.05) is 0 Å². The molecule has 0 heterocycles. The third-order valence-corrected chi connectivity index (χ3v) is 1.41. The zero-order valence-corrected chi connectivity index (χ0v) is 13.0. The van der Waals surface area contributed by atoms with Crippen LogP contribution in [0.1, 0.15) is 52.7 Å². The molecule has 0 heteroatoms. The highest BCUT2D eigenvalue weighted by Gasteiger charge is 1.86. The molecule has 0 aliphatic heterocycles. The molecule has 1 rings (SSSR count). The second-order valence-electron chi connectivity index (χ2n) is 2.06. The molecule has 0 aliphatic carbocycles. The normalized spacial score (nSPS) is 6.06. The highest BCUT2D eigenvalue weighted by atomic mass is 13.9. The molecule has 17 heavy (non-hydrogen) atoms. The van der Waals surface area contributed by atoms with Gasteiger partial charge in [-0.15, -0.1) is 13.2 Å². The quantitative estimate of drug-likeness (QED) is 0.487. The maximum atomic E-state index is 3.69. The topological polar surface area (TPSA) is 0 Å². The average Bonchev–Trinajstić information content (AvgIpc) is 2.48. The predicted octanol–water partition coefficient (Wildman–Crippen LogP) is 6.52. The zero-order chi connectivity index (χ0) is 14.7. The molecule has 100 valence electrons. The van der Waals surface area contributed by atoms with Crippen molar-refractivity contribution in [2.24, 2.45) is 0 Å². The van der Waals surface area contributed by atoms with Gasteiger partial charge in [0.05, 0.1) is 0 Å². The molecule has 0 amide bonds. The number of aryl methyl sites for hydroxylation is 1. The van der Waals surface area contributed by atoms with Gasteiger partial charge >= 0.3 is 0 Å². The van der Waals surface area contributed by atoms with E-state index in [1.54, 1.807) is 0 Å². The standard InChI is InChI=1S/C9H10.3C2H6.C2H4/c1-3-9-7-5-4-6-8(9)2;4*1-2/h3-7H,1H2,2H3;3*1-2H3;1-2H2. The third-order valence-electron chi connectivity index (χ3n) is 1.41. The van der Waals surface area contributed by atoms with Crippen LogP contribution in [0.5, 0.6) is 0 Å². The van der Waals surface area contributed by atoms with E-state index in [0.29, 0.717) is 0 Å². The molecule has 0 nitrogen and oxygen atoms in total. The Morgan fingerprint density at radius 3 is 1.41 bits per heavy atom. The molecular formula is C17H32. The van der Waals surface area contributed by atoms with Crippen molar-refractivity contribution in [2.45, 2.75) is 48.5 Å². The fourth-order valence-electron chi connectivity index (χ4n) is 0.816. The summed E-state index contributed by atoms with van der Waals surface area (Å²) in [5.41, 5.74) is 2.50. The zero-order valence-electron chi connectivity index (χ0n) is 13.0. The van der Waals surface area contributed by atoms with Crippen LogP contribution in [0.15, 0.2) is 44.0 Å². The Labute approximate surface area is 110 Å². The SMILES string of the molecule is C=C.C=Cc1ccccc1C.CC.CC.CC. The lowest BCUT2D eigenvalue weighted by Crippen LogP contribution is -1.75. The molecule has 0 bridgehead atoms. The summed E-state index contributed by atoms with van der Waals surface area (Å²) in [5, 5.41) is 0. The lowest BCUT2D eigenvalue weighted by atomic mass is 10.1. The number of hydrogen-bond acceptors (Lipinski definition) is 0. The van der Waals surface area contributed by atoms with Crippen LogP contribution in [0, 0.1) is 6.92 Å². The highest BCUT2D eigenvalue weighted by Crippen LogP contribution is 2.06. The average molecular weight is 236 g/mol. The largest absolute Gasteiger partial charge is 0.106 e. The number of hydrogen-bond donors (Lipinski definition) is 0. The van der Waals surface area contributed by atoms with E-state index in [2.05, 4.69) is 38.8 Å². The maximum absolute atomic E-state index is 3.69. The van der Waals surface area contributed by atoms with Gasteiger partial charge in [-0.2, -0.15) is 0 Å². The summed E-state index contributed by atoms with van der Waals surface area (Å²) < 4.78 is 0. The fourth-order valence-corrected chi connectivity index (χ4v) is 0.816. The van der Waals surface area contributed by atoms with E-state index in [0.717, 1.165) is 0 Å². The van der Waals surface area contributed by atoms with Crippen LogP contribution in [0.2, 0.25) is 0 Å². The van der Waals surface area contributed by atoms with Crippen molar-refractivity contribution in [1.82, 2.24) is 0 Å². The van der Waals surface area contributed by atoms with E-state index < -0.39 is 0 Å². The van der Waals surface area contributed by atoms with Crippen LogP contribution < -0.4 is 0 Å². The maximum Gasteiger partial charge on any atom is -0.0233 e. The Balaban J connectivity index is -0.0000000905. The van der Waals surface area contributed by atoms with Gasteiger partial charge in [0.1, 0.15) is 0 Å². The van der Waals surface area contributed by atoms with Crippen LogP contribution in [-0.2, 0) is 0 Å². The van der Waals surface area contributed by atoms with Crippen molar-refractivity contribution in [1.29, 1.82) is 0 Å². The molecule has 0 spiro atoms. The van der Waals surface area contributed by atoms with E-state index >= 15 is 0 Å². The van der Waals surface area contributed by atoms with Gasteiger partial charge in [-0.25, -0.2) is 0 Å². The first-order valence-electron chi connectivity index (χ1n) is 6.52. The molecule has 1 aromatic rings. The van der Waals surface area contributed by atoms with Crippen LogP contribution in [0.4, 0.5) is 0 Å². The molecule has 0 aromatic heterocycles. The molecule has 0 atom stereocenters. The van der Waals surface area contributed by atoms with Crippen molar-refractivity contribution in [3.05, 3.63) is 55.1 Å². The highest BCUT2D eigenvalue weighted by molar-refractivity contribution is 5.50. The summed E-state index contributed by atoms with van der Waals surface area (Å²) >= 11 is 0. The molecule has 1 aromatic carbocycles. The van der Waals surface area contributed by atoms with E-state index in [4.69, 9.17) is 0 Å². The van der Waals surface area contributed by atoms with Crippen molar-refractivity contribution >= 4 is 6.08 Å². The molecule has 0 saturated heterocycles. The monoisotopic (exact) mass is 236 g/mol. The summed E-state index contributed by atoms with van der Waals surface area (Å²) in [6.45, 7) is 23.8. The Morgan fingerprint density at radius 2 is 1.18 bits per heavy atom. The summed E-state index contributed by atoms with van der Waals surface area (Å²) in [7, 11) is 0. The first-order valence-corrected chi connectivity index (χ1v) is 6.52. The van der Waals surface area contributed by atoms with Gasteiger partial charge < -0.3 is 0 Å². The summed E-state index contributed by atoms with van der Waals surface area (Å²) in [6, 6.07) is 8.19. The lowest BCUT2D eigenvalue weighted by molar-refractivity contribution is 1.45. The fraction of sp³-hybridized carbons (Fsp3) is 0.412. The first-order chi connectivity index (χ1) is 8.34. The molecule has 0 saturated carbocycles. The minimum Gasteiger partial charge on any atom is -0.106 e. The van der Waals surface area contributed by atoms with Crippen LogP contribution >= 0.6 is 0 Å². The Kier molecular flexibility index (Phi) is 42.7. The minimum absolute atomic E-state index is 1.22. The van der Waals surface area contributed by atoms with Crippen molar-refractivity contribution in [3.8, 4) is 0 Å². The third kappa shape index (κ3) is 17.3. The van der Waals surface area contributed by atoms with Crippen molar-refractivity contribution < 1.29 is 0 Å². The number of benzene rings is 1. The van der Waals surface area contributed by atoms with E-state index in [1.807, 2.05) is 59.8 Å². The van der Waals surface area contributed by atoms with Gasteiger partial charge in [-0.05, 0) is 18.1 Å². The molecule has 0 unspecified atom stereocenters. The van der Waals surface area contributed by atoms with Gasteiger partial charge in [-0.3, -0.25) is 0 Å². The van der Waals surface area contributed by atoms with Crippen LogP contribution in [0.25, 0.3) is 6.08 Å². The molecule has 0 aliphatic rings. The molecule has 0 N–H and O–H groups in total. The van der Waals surface area contributed by atoms with E-state index in [9.17, 15) is 0 Å². The summed E-state index contributed by atoms with van der Waals surface area (Å²) in [4.78, 5) is 0. The van der Waals surface area contributed by atoms with Gasteiger partial charge in [0.25, 0.3) is 0 Å². The van der Waals surface area contributed by atoms with E-state index in [1.165, 1.54) is 11.1 Å². The number of rotatable bonds is 1. The minimum atomic E-state index is 1.22. The summed E-state index contributed by atoms with van der Waals surface area (Å²) in [6.07, 6.45) is 1.87.